The highest BCUT2D eigenvalue weighted by molar-refractivity contribution is 7.18. The number of carbonyl (C=O) groups is 3. The average Bonchev–Trinajstić information content (AvgIpc) is 3.09. The number of nitrogens with zero attached hydrogens (tertiary/aromatic N) is 2. The van der Waals surface area contributed by atoms with E-state index in [4.69, 9.17) is 22.1 Å². The van der Waals surface area contributed by atoms with Crippen LogP contribution in [0.15, 0.2) is 12.4 Å². The van der Waals surface area contributed by atoms with Crippen LogP contribution in [0.2, 0.25) is 5.02 Å². The lowest BCUT2D eigenvalue weighted by atomic mass is 10.1. The molecule has 0 radical (unpaired) electrons. The predicted molar refractivity (Wildman–Crippen MR) is 98.7 cm³/mol. The van der Waals surface area contributed by atoms with Crippen LogP contribution >= 0.6 is 22.9 Å². The third kappa shape index (κ3) is 4.23. The molecule has 140 valence electrons. The van der Waals surface area contributed by atoms with Crippen molar-refractivity contribution < 1.29 is 19.1 Å². The monoisotopic (exact) mass is 398 g/mol. The fourth-order valence-corrected chi connectivity index (χ4v) is 3.41. The van der Waals surface area contributed by atoms with E-state index >= 15 is 0 Å². The van der Waals surface area contributed by atoms with Gasteiger partial charge in [0.2, 0.25) is 5.91 Å². The minimum Gasteiger partial charge on any atom is -0.459 e. The molecule has 10 heteroatoms. The molecule has 0 aliphatic rings. The Kier molecular flexibility index (Phi) is 6.04. The maximum Gasteiger partial charge on any atom is 0.341 e. The van der Waals surface area contributed by atoms with Crippen molar-refractivity contribution in [1.82, 2.24) is 9.78 Å². The third-order valence-corrected chi connectivity index (χ3v) is 4.92. The van der Waals surface area contributed by atoms with Crippen molar-refractivity contribution in [1.29, 1.82) is 0 Å². The Balaban J connectivity index is 2.35. The molecule has 26 heavy (non-hydrogen) atoms. The summed E-state index contributed by atoms with van der Waals surface area (Å²) in [5.74, 6) is -1.74. The van der Waals surface area contributed by atoms with E-state index in [1.165, 1.54) is 17.1 Å². The zero-order valence-corrected chi connectivity index (χ0v) is 16.3. The second-order valence-corrected chi connectivity index (χ2v) is 7.34. The molecule has 0 spiro atoms. The van der Waals surface area contributed by atoms with Gasteiger partial charge in [0, 0.05) is 6.20 Å². The zero-order chi connectivity index (χ0) is 19.6. The van der Waals surface area contributed by atoms with Crippen LogP contribution in [0, 0.1) is 6.92 Å². The Morgan fingerprint density at radius 3 is 2.50 bits per heavy atom. The molecule has 0 bridgehead atoms. The number of thiophene rings is 1. The van der Waals surface area contributed by atoms with Gasteiger partial charge in [0.05, 0.1) is 27.8 Å². The number of aromatic nitrogens is 2. The summed E-state index contributed by atoms with van der Waals surface area (Å²) < 4.78 is 6.60. The second-order valence-electron chi connectivity index (χ2n) is 5.88. The van der Waals surface area contributed by atoms with Crippen LogP contribution in [0.5, 0.6) is 0 Å². The first kappa shape index (κ1) is 19.9. The van der Waals surface area contributed by atoms with Gasteiger partial charge in [-0.2, -0.15) is 5.10 Å². The Bertz CT molecular complexity index is 859. The molecule has 3 N–H and O–H groups in total. The lowest BCUT2D eigenvalue weighted by molar-refractivity contribution is -0.119. The summed E-state index contributed by atoms with van der Waals surface area (Å²) in [7, 11) is 0. The van der Waals surface area contributed by atoms with Gasteiger partial charge in [-0.1, -0.05) is 11.6 Å². The highest BCUT2D eigenvalue weighted by atomic mass is 35.5. The fraction of sp³-hybridized carbons (Fsp3) is 0.375. The van der Waals surface area contributed by atoms with Crippen LogP contribution < -0.4 is 11.1 Å². The van der Waals surface area contributed by atoms with Crippen molar-refractivity contribution in [3.63, 3.8) is 0 Å². The first-order valence-corrected chi connectivity index (χ1v) is 8.96. The molecule has 2 aromatic rings. The summed E-state index contributed by atoms with van der Waals surface area (Å²) in [5.41, 5.74) is 5.86. The summed E-state index contributed by atoms with van der Waals surface area (Å²) in [6.45, 7) is 6.62. The van der Waals surface area contributed by atoms with E-state index in [-0.39, 0.29) is 21.5 Å². The van der Waals surface area contributed by atoms with Gasteiger partial charge in [0.15, 0.2) is 0 Å². The minimum atomic E-state index is -0.684. The van der Waals surface area contributed by atoms with Crippen molar-refractivity contribution in [2.24, 2.45) is 5.73 Å². The molecule has 0 saturated carbocycles. The first-order valence-electron chi connectivity index (χ1n) is 7.76. The molecule has 0 aliphatic heterocycles. The summed E-state index contributed by atoms with van der Waals surface area (Å²) >= 11 is 6.75. The topological polar surface area (TPSA) is 116 Å². The maximum absolute atomic E-state index is 12.5. The summed E-state index contributed by atoms with van der Waals surface area (Å²) in [6, 6.07) is -0.684. The van der Waals surface area contributed by atoms with Crippen molar-refractivity contribution >= 4 is 45.7 Å². The SMILES string of the molecule is Cc1c(C(N)=O)sc(NC(=O)C(C)n2cc(Cl)cn2)c1C(=O)OC(C)C. The largest absolute Gasteiger partial charge is 0.459 e. The number of hydrogen-bond donors (Lipinski definition) is 2. The number of rotatable bonds is 6. The van der Waals surface area contributed by atoms with Gasteiger partial charge < -0.3 is 15.8 Å². The molecule has 0 saturated heterocycles. The molecule has 0 aliphatic carbocycles. The number of amides is 2. The number of esters is 1. The molecule has 1 atom stereocenters. The first-order chi connectivity index (χ1) is 12.1. The van der Waals surface area contributed by atoms with E-state index in [0.29, 0.717) is 10.6 Å². The van der Waals surface area contributed by atoms with E-state index in [2.05, 4.69) is 10.4 Å². The molecule has 2 rings (SSSR count). The summed E-state index contributed by atoms with van der Waals surface area (Å²) in [4.78, 5) is 36.7. The number of nitrogens with two attached hydrogens (primary N) is 1. The number of anilines is 1. The Morgan fingerprint density at radius 2 is 2.00 bits per heavy atom. The van der Waals surface area contributed by atoms with Gasteiger partial charge >= 0.3 is 5.97 Å². The highest BCUT2D eigenvalue weighted by Gasteiger charge is 2.27. The standard InChI is InChI=1S/C16H19ClN4O4S/c1-7(2)25-16(24)11-8(3)12(13(18)22)26-15(11)20-14(23)9(4)21-6-10(17)5-19-21/h5-7,9H,1-4H3,(H2,18,22)(H,20,23). The van der Waals surface area contributed by atoms with Gasteiger partial charge in [-0.3, -0.25) is 14.3 Å². The van der Waals surface area contributed by atoms with Gasteiger partial charge in [-0.25, -0.2) is 4.79 Å². The molecule has 2 heterocycles. The van der Waals surface area contributed by atoms with E-state index in [1.807, 2.05) is 0 Å². The smallest absolute Gasteiger partial charge is 0.341 e. The van der Waals surface area contributed by atoms with Gasteiger partial charge in [-0.05, 0) is 33.3 Å². The van der Waals surface area contributed by atoms with E-state index in [0.717, 1.165) is 11.3 Å². The van der Waals surface area contributed by atoms with Gasteiger partial charge in [0.25, 0.3) is 5.91 Å². The fourth-order valence-electron chi connectivity index (χ4n) is 2.22. The van der Waals surface area contributed by atoms with Crippen molar-refractivity contribution in [2.45, 2.75) is 39.8 Å². The number of nitrogens with one attached hydrogen (secondary N) is 1. The number of hydrogen-bond acceptors (Lipinski definition) is 6. The van der Waals surface area contributed by atoms with Gasteiger partial charge in [0.1, 0.15) is 11.0 Å². The lowest BCUT2D eigenvalue weighted by Gasteiger charge is -2.13. The maximum atomic E-state index is 12.5. The van der Waals surface area contributed by atoms with Crippen LogP contribution in [-0.2, 0) is 9.53 Å². The molecule has 1 unspecified atom stereocenters. The summed E-state index contributed by atoms with van der Waals surface area (Å²) in [6.07, 6.45) is 2.57. The minimum absolute atomic E-state index is 0.122. The quantitative estimate of drug-likeness (QED) is 0.725. The van der Waals surface area contributed by atoms with Crippen LogP contribution in [0.25, 0.3) is 0 Å². The second kappa shape index (κ2) is 7.88. The van der Waals surface area contributed by atoms with E-state index in [9.17, 15) is 14.4 Å². The molecule has 0 fully saturated rings. The molecule has 8 nitrogen and oxygen atoms in total. The number of halogens is 1. The third-order valence-electron chi connectivity index (χ3n) is 3.50. The lowest BCUT2D eigenvalue weighted by Crippen LogP contribution is -2.24. The highest BCUT2D eigenvalue weighted by Crippen LogP contribution is 2.34. The van der Waals surface area contributed by atoms with Crippen LogP contribution in [-0.4, -0.2) is 33.7 Å². The van der Waals surface area contributed by atoms with Gasteiger partial charge in [-0.15, -0.1) is 11.3 Å². The molecule has 2 amide bonds. The summed E-state index contributed by atoms with van der Waals surface area (Å²) in [5, 5.41) is 7.25. The normalized spacial score (nSPS) is 12.1. The molecule has 2 aromatic heterocycles. The Morgan fingerprint density at radius 1 is 1.35 bits per heavy atom. The van der Waals surface area contributed by atoms with Crippen molar-refractivity contribution in [3.05, 3.63) is 33.4 Å². The Hall–Kier alpha value is -2.39. The number of carbonyl (C=O) groups excluding carboxylic acids is 3. The average molecular weight is 399 g/mol. The predicted octanol–water partition coefficient (Wildman–Crippen LogP) is 2.77. The van der Waals surface area contributed by atoms with Crippen LogP contribution in [0.4, 0.5) is 5.00 Å². The Labute approximate surface area is 159 Å². The van der Waals surface area contributed by atoms with Crippen LogP contribution in [0.1, 0.15) is 52.4 Å². The number of ether oxygens (including phenoxy) is 1. The van der Waals surface area contributed by atoms with Crippen LogP contribution in [0.3, 0.4) is 0 Å². The van der Waals surface area contributed by atoms with E-state index in [1.54, 1.807) is 27.7 Å². The van der Waals surface area contributed by atoms with E-state index < -0.39 is 23.8 Å². The van der Waals surface area contributed by atoms with Crippen molar-refractivity contribution in [2.75, 3.05) is 5.32 Å². The molecular weight excluding hydrogens is 380 g/mol. The zero-order valence-electron chi connectivity index (χ0n) is 14.7. The molecule has 0 aromatic carbocycles. The van der Waals surface area contributed by atoms with Crippen molar-refractivity contribution in [3.8, 4) is 0 Å². The molecular formula is C16H19ClN4O4S. The number of primary amides is 1.